The molecule has 1 aromatic carbocycles. The van der Waals surface area contributed by atoms with Gasteiger partial charge in [0.15, 0.2) is 5.60 Å². The third-order valence-electron chi connectivity index (χ3n) is 5.90. The normalized spacial score (nSPS) is 25.3. The van der Waals surface area contributed by atoms with Crippen LogP contribution in [0, 0.1) is 0 Å². The van der Waals surface area contributed by atoms with E-state index < -0.39 is 11.0 Å². The average Bonchev–Trinajstić information content (AvgIpc) is 3.28. The maximum absolute atomic E-state index is 13.3. The van der Waals surface area contributed by atoms with E-state index in [1.807, 2.05) is 35.2 Å². The van der Waals surface area contributed by atoms with E-state index in [2.05, 4.69) is 20.9 Å². The summed E-state index contributed by atoms with van der Waals surface area (Å²) in [4.78, 5) is 31.4. The lowest BCUT2D eigenvalue weighted by Crippen LogP contribution is -2.40. The molecule has 1 saturated heterocycles. The second kappa shape index (κ2) is 5.39. The Bertz CT molecular complexity index is 923. The van der Waals surface area contributed by atoms with Crippen molar-refractivity contribution in [1.29, 1.82) is 0 Å². The molecule has 3 heterocycles. The van der Waals surface area contributed by atoms with Crippen molar-refractivity contribution in [2.45, 2.75) is 30.3 Å². The van der Waals surface area contributed by atoms with E-state index in [4.69, 9.17) is 4.74 Å². The molecule has 1 aliphatic carbocycles. The Kier molecular flexibility index (Phi) is 3.32. The smallest absolute Gasteiger partial charge is 0.341 e. The molecule has 0 unspecified atom stereocenters. The Morgan fingerprint density at radius 3 is 2.65 bits per heavy atom. The van der Waals surface area contributed by atoms with Gasteiger partial charge in [0.2, 0.25) is 5.91 Å². The predicted molar refractivity (Wildman–Crippen MR) is 97.6 cm³/mol. The van der Waals surface area contributed by atoms with Crippen LogP contribution in [0.15, 0.2) is 47.2 Å². The molecule has 2 aromatic rings. The van der Waals surface area contributed by atoms with E-state index in [1.54, 1.807) is 12.4 Å². The Hall–Kier alpha value is -2.21. The van der Waals surface area contributed by atoms with Gasteiger partial charge in [0.05, 0.1) is 17.5 Å². The standard InChI is InChI=1S/C20H17BrN2O3/c21-14-3-1-13(2-4-14)19(6-7-19)18(25)23-10-8-20(12-23)16-5-9-22-11-15(16)17(24)26-20/h1-5,9,11H,6-8,10,12H2/t20-/m0/s1. The summed E-state index contributed by atoms with van der Waals surface area (Å²) in [5, 5.41) is 0. The molecular weight excluding hydrogens is 396 g/mol. The third-order valence-corrected chi connectivity index (χ3v) is 6.42. The van der Waals surface area contributed by atoms with Crippen molar-refractivity contribution in [2.24, 2.45) is 0 Å². The van der Waals surface area contributed by atoms with Gasteiger partial charge in [0, 0.05) is 35.4 Å². The maximum Gasteiger partial charge on any atom is 0.341 e. The molecule has 2 fully saturated rings. The van der Waals surface area contributed by atoms with Crippen LogP contribution in [0.4, 0.5) is 0 Å². The molecule has 0 bridgehead atoms. The minimum absolute atomic E-state index is 0.148. The van der Waals surface area contributed by atoms with Crippen molar-refractivity contribution in [3.05, 3.63) is 63.9 Å². The highest BCUT2D eigenvalue weighted by Crippen LogP contribution is 2.52. The number of rotatable bonds is 2. The van der Waals surface area contributed by atoms with Crippen LogP contribution in [0.1, 0.15) is 40.7 Å². The summed E-state index contributed by atoms with van der Waals surface area (Å²) in [6.07, 6.45) is 5.62. The van der Waals surface area contributed by atoms with E-state index in [1.165, 1.54) is 0 Å². The van der Waals surface area contributed by atoms with Gasteiger partial charge in [-0.15, -0.1) is 0 Å². The maximum atomic E-state index is 13.3. The summed E-state index contributed by atoms with van der Waals surface area (Å²) in [5.41, 5.74) is 1.34. The Morgan fingerprint density at radius 2 is 1.92 bits per heavy atom. The first-order valence-electron chi connectivity index (χ1n) is 8.77. The predicted octanol–water partition coefficient (Wildman–Crippen LogP) is 3.17. The molecule has 132 valence electrons. The summed E-state index contributed by atoms with van der Waals surface area (Å²) in [7, 11) is 0. The average molecular weight is 413 g/mol. The van der Waals surface area contributed by atoms with Crippen LogP contribution in [0.25, 0.3) is 0 Å². The van der Waals surface area contributed by atoms with Gasteiger partial charge >= 0.3 is 5.97 Å². The van der Waals surface area contributed by atoms with Gasteiger partial charge < -0.3 is 9.64 Å². The molecule has 2 aliphatic heterocycles. The van der Waals surface area contributed by atoms with E-state index in [9.17, 15) is 9.59 Å². The molecular formula is C20H17BrN2O3. The minimum atomic E-state index is -0.708. The van der Waals surface area contributed by atoms with Crippen molar-refractivity contribution < 1.29 is 14.3 Å². The van der Waals surface area contributed by atoms with Crippen LogP contribution >= 0.6 is 15.9 Å². The Labute approximate surface area is 159 Å². The number of halogens is 1. The first kappa shape index (κ1) is 16.0. The number of fused-ring (bicyclic) bond motifs is 2. The second-order valence-corrected chi connectivity index (χ2v) is 8.29. The molecule has 3 aliphatic rings. The number of carbonyl (C=O) groups excluding carboxylic acids is 2. The zero-order valence-electron chi connectivity index (χ0n) is 14.1. The van der Waals surface area contributed by atoms with Crippen LogP contribution < -0.4 is 0 Å². The van der Waals surface area contributed by atoms with Crippen molar-refractivity contribution >= 4 is 27.8 Å². The van der Waals surface area contributed by atoms with E-state index in [0.29, 0.717) is 25.1 Å². The van der Waals surface area contributed by atoms with Gasteiger partial charge in [0.25, 0.3) is 0 Å². The van der Waals surface area contributed by atoms with Crippen molar-refractivity contribution in [2.75, 3.05) is 13.1 Å². The number of aromatic nitrogens is 1. The summed E-state index contributed by atoms with van der Waals surface area (Å²) < 4.78 is 6.74. The van der Waals surface area contributed by atoms with Gasteiger partial charge in [-0.05, 0) is 36.6 Å². The van der Waals surface area contributed by atoms with E-state index in [-0.39, 0.29) is 11.9 Å². The molecule has 6 heteroatoms. The van der Waals surface area contributed by atoms with Gasteiger partial charge in [-0.25, -0.2) is 4.79 Å². The van der Waals surface area contributed by atoms with Crippen LogP contribution in [0.3, 0.4) is 0 Å². The molecule has 1 saturated carbocycles. The number of amides is 1. The lowest BCUT2D eigenvalue weighted by Gasteiger charge is -2.26. The molecule has 1 amide bonds. The Balaban J connectivity index is 1.43. The molecule has 1 spiro atoms. The quantitative estimate of drug-likeness (QED) is 0.710. The lowest BCUT2D eigenvalue weighted by atomic mass is 9.92. The lowest BCUT2D eigenvalue weighted by molar-refractivity contribution is -0.134. The second-order valence-electron chi connectivity index (χ2n) is 7.37. The van der Waals surface area contributed by atoms with Gasteiger partial charge in [-0.3, -0.25) is 9.78 Å². The summed E-state index contributed by atoms with van der Waals surface area (Å²) >= 11 is 3.45. The summed E-state index contributed by atoms with van der Waals surface area (Å²) in [5.74, 6) is -0.188. The molecule has 26 heavy (non-hydrogen) atoms. The van der Waals surface area contributed by atoms with Crippen LogP contribution in [-0.4, -0.2) is 34.8 Å². The highest BCUT2D eigenvalue weighted by atomic mass is 79.9. The SMILES string of the molecule is O=C1O[C@]2(CCN(C(=O)C3(c4ccc(Br)cc4)CC3)C2)c2ccncc21. The first-order valence-corrected chi connectivity index (χ1v) is 9.57. The number of ether oxygens (including phenoxy) is 1. The molecule has 0 radical (unpaired) electrons. The number of esters is 1. The van der Waals surface area contributed by atoms with Crippen molar-refractivity contribution in [3.63, 3.8) is 0 Å². The highest BCUT2D eigenvalue weighted by molar-refractivity contribution is 9.10. The number of carbonyl (C=O) groups is 2. The van der Waals surface area contributed by atoms with Crippen LogP contribution in [0.2, 0.25) is 0 Å². The largest absolute Gasteiger partial charge is 0.449 e. The zero-order chi connectivity index (χ0) is 17.9. The number of likely N-dealkylation sites (tertiary alicyclic amines) is 1. The third kappa shape index (κ3) is 2.18. The number of benzene rings is 1. The fraction of sp³-hybridized carbons (Fsp3) is 0.350. The zero-order valence-corrected chi connectivity index (χ0v) is 15.7. The monoisotopic (exact) mass is 412 g/mol. The minimum Gasteiger partial charge on any atom is -0.449 e. The fourth-order valence-electron chi connectivity index (χ4n) is 4.32. The molecule has 1 aromatic heterocycles. The van der Waals surface area contributed by atoms with Crippen molar-refractivity contribution in [1.82, 2.24) is 9.88 Å². The van der Waals surface area contributed by atoms with Gasteiger partial charge in [-0.1, -0.05) is 28.1 Å². The fourth-order valence-corrected chi connectivity index (χ4v) is 4.59. The molecule has 1 atom stereocenters. The summed E-state index contributed by atoms with van der Waals surface area (Å²) in [6.45, 7) is 1.03. The molecule has 5 nitrogen and oxygen atoms in total. The number of hydrogen-bond acceptors (Lipinski definition) is 4. The van der Waals surface area contributed by atoms with Crippen molar-refractivity contribution in [3.8, 4) is 0 Å². The van der Waals surface area contributed by atoms with E-state index in [0.717, 1.165) is 28.4 Å². The molecule has 0 N–H and O–H groups in total. The Morgan fingerprint density at radius 1 is 1.15 bits per heavy atom. The molecule has 5 rings (SSSR count). The number of pyridine rings is 1. The van der Waals surface area contributed by atoms with Crippen LogP contribution in [0.5, 0.6) is 0 Å². The topological polar surface area (TPSA) is 59.5 Å². The number of nitrogens with zero attached hydrogens (tertiary/aromatic N) is 2. The van der Waals surface area contributed by atoms with Gasteiger partial charge in [-0.2, -0.15) is 0 Å². The highest BCUT2D eigenvalue weighted by Gasteiger charge is 2.57. The first-order chi connectivity index (χ1) is 12.5. The number of hydrogen-bond donors (Lipinski definition) is 0. The summed E-state index contributed by atoms with van der Waals surface area (Å²) in [6, 6.07) is 9.86. The van der Waals surface area contributed by atoms with Gasteiger partial charge in [0.1, 0.15) is 0 Å². The van der Waals surface area contributed by atoms with E-state index >= 15 is 0 Å². The van der Waals surface area contributed by atoms with Crippen LogP contribution in [-0.2, 0) is 20.5 Å².